The van der Waals surface area contributed by atoms with E-state index in [1.807, 2.05) is 0 Å². The number of aliphatic imine (C=N–C) groups is 1. The average molecular weight is 677 g/mol. The minimum Gasteiger partial charge on any atom is -0.309 e. The van der Waals surface area contributed by atoms with Crippen LogP contribution in [0.1, 0.15) is 44.9 Å². The zero-order valence-electron chi connectivity index (χ0n) is 29.6. The van der Waals surface area contributed by atoms with Crippen LogP contribution >= 0.6 is 0 Å². The Hall–Kier alpha value is -6.25. The highest BCUT2D eigenvalue weighted by Crippen LogP contribution is 2.49. The lowest BCUT2D eigenvalue weighted by molar-refractivity contribution is 0.631. The van der Waals surface area contributed by atoms with Crippen LogP contribution in [0, 0.1) is 12.8 Å². The SMILES string of the molecule is Cc1ccc(-c2ccc3c(c2)Cc2c-3ccc3cccc(-n4c5ccccc5c5c6c(ccc54)C4C=CC=CC4C6)c23)c2c1CC(c1ccccc1)=N2. The summed E-state index contributed by atoms with van der Waals surface area (Å²) in [5.74, 6) is 1.02. The lowest BCUT2D eigenvalue weighted by Crippen LogP contribution is -2.04. The first-order chi connectivity index (χ1) is 26.2. The van der Waals surface area contributed by atoms with E-state index in [4.69, 9.17) is 4.99 Å². The molecule has 2 atom stereocenters. The summed E-state index contributed by atoms with van der Waals surface area (Å²) in [6, 6.07) is 47.8. The third-order valence-electron chi connectivity index (χ3n) is 12.7. The Morgan fingerprint density at radius 3 is 2.40 bits per heavy atom. The van der Waals surface area contributed by atoms with Crippen LogP contribution in [0.25, 0.3) is 60.5 Å². The molecule has 12 rings (SSSR count). The maximum atomic E-state index is 5.27. The number of hydrogen-bond donors (Lipinski definition) is 0. The zero-order valence-corrected chi connectivity index (χ0v) is 29.6. The minimum absolute atomic E-state index is 0.476. The Morgan fingerprint density at radius 2 is 1.45 bits per heavy atom. The molecule has 2 nitrogen and oxygen atoms in total. The quantitative estimate of drug-likeness (QED) is 0.177. The van der Waals surface area contributed by atoms with Crippen LogP contribution in [0.5, 0.6) is 0 Å². The first-order valence-corrected chi connectivity index (χ1v) is 19.0. The van der Waals surface area contributed by atoms with Crippen LogP contribution < -0.4 is 0 Å². The van der Waals surface area contributed by atoms with E-state index in [1.165, 1.54) is 99.5 Å². The molecule has 0 amide bonds. The molecule has 0 radical (unpaired) electrons. The number of hydrogen-bond acceptors (Lipinski definition) is 1. The monoisotopic (exact) mass is 676 g/mol. The van der Waals surface area contributed by atoms with Gasteiger partial charge in [0.2, 0.25) is 0 Å². The molecular weight excluding hydrogens is 641 g/mol. The summed E-state index contributed by atoms with van der Waals surface area (Å²) in [5.41, 5.74) is 21.0. The predicted molar refractivity (Wildman–Crippen MR) is 221 cm³/mol. The summed E-state index contributed by atoms with van der Waals surface area (Å²) in [6.07, 6.45) is 12.2. The molecule has 0 saturated carbocycles. The summed E-state index contributed by atoms with van der Waals surface area (Å²) in [7, 11) is 0. The highest BCUT2D eigenvalue weighted by atomic mass is 15.0. The number of para-hydroxylation sites is 1. The van der Waals surface area contributed by atoms with Gasteiger partial charge in [-0.2, -0.15) is 0 Å². The minimum atomic E-state index is 0.476. The van der Waals surface area contributed by atoms with E-state index >= 15 is 0 Å². The van der Waals surface area contributed by atoms with Gasteiger partial charge in [0.15, 0.2) is 0 Å². The number of aryl methyl sites for hydroxylation is 1. The van der Waals surface area contributed by atoms with E-state index in [1.54, 1.807) is 0 Å². The van der Waals surface area contributed by atoms with Crippen LogP contribution in [0.15, 0.2) is 157 Å². The van der Waals surface area contributed by atoms with E-state index in [2.05, 4.69) is 163 Å². The average Bonchev–Trinajstić information content (AvgIpc) is 3.98. The molecule has 7 aromatic carbocycles. The topological polar surface area (TPSA) is 17.3 Å². The summed E-state index contributed by atoms with van der Waals surface area (Å²) in [6.45, 7) is 2.22. The van der Waals surface area contributed by atoms with Gasteiger partial charge in [0, 0.05) is 34.1 Å². The van der Waals surface area contributed by atoms with Crippen molar-refractivity contribution < 1.29 is 0 Å². The maximum Gasteiger partial charge on any atom is 0.0750 e. The third kappa shape index (κ3) is 4.12. The van der Waals surface area contributed by atoms with Gasteiger partial charge in [-0.15, -0.1) is 0 Å². The van der Waals surface area contributed by atoms with Gasteiger partial charge in [-0.25, -0.2) is 0 Å². The van der Waals surface area contributed by atoms with Crippen molar-refractivity contribution in [1.82, 2.24) is 4.57 Å². The molecule has 0 fully saturated rings. The van der Waals surface area contributed by atoms with Crippen molar-refractivity contribution in [1.29, 1.82) is 0 Å². The van der Waals surface area contributed by atoms with Crippen molar-refractivity contribution in [3.8, 4) is 27.9 Å². The summed E-state index contributed by atoms with van der Waals surface area (Å²) >= 11 is 0. The summed E-state index contributed by atoms with van der Waals surface area (Å²) < 4.78 is 2.56. The zero-order chi connectivity index (χ0) is 34.8. The lowest BCUT2D eigenvalue weighted by atomic mass is 9.89. The van der Waals surface area contributed by atoms with E-state index in [0.717, 1.165) is 30.7 Å². The fourth-order valence-corrected chi connectivity index (χ4v) is 10.2. The highest BCUT2D eigenvalue weighted by molar-refractivity contribution is 6.13. The van der Waals surface area contributed by atoms with Crippen LogP contribution in [0.4, 0.5) is 5.69 Å². The Labute approximate surface area is 309 Å². The summed E-state index contributed by atoms with van der Waals surface area (Å²) in [4.78, 5) is 5.27. The molecule has 53 heavy (non-hydrogen) atoms. The largest absolute Gasteiger partial charge is 0.309 e. The van der Waals surface area contributed by atoms with Gasteiger partial charge in [-0.3, -0.25) is 4.99 Å². The fourth-order valence-electron chi connectivity index (χ4n) is 10.2. The first kappa shape index (κ1) is 29.3. The van der Waals surface area contributed by atoms with E-state index < -0.39 is 0 Å². The number of nitrogens with zero attached hydrogens (tertiary/aromatic N) is 2. The van der Waals surface area contributed by atoms with Crippen LogP contribution in [-0.2, 0) is 19.3 Å². The Kier molecular flexibility index (Phi) is 6.02. The van der Waals surface area contributed by atoms with Crippen molar-refractivity contribution in [2.45, 2.75) is 32.1 Å². The molecule has 250 valence electrons. The van der Waals surface area contributed by atoms with Gasteiger partial charge < -0.3 is 4.57 Å². The Morgan fingerprint density at radius 1 is 0.604 bits per heavy atom. The highest BCUT2D eigenvalue weighted by Gasteiger charge is 2.33. The van der Waals surface area contributed by atoms with Gasteiger partial charge in [-0.05, 0) is 105 Å². The van der Waals surface area contributed by atoms with E-state index in [9.17, 15) is 0 Å². The number of rotatable bonds is 3. The molecule has 8 aromatic rings. The van der Waals surface area contributed by atoms with Crippen molar-refractivity contribution in [2.75, 3.05) is 0 Å². The van der Waals surface area contributed by atoms with Crippen molar-refractivity contribution in [2.24, 2.45) is 10.9 Å². The standard InChI is InChI=1S/C51H36N2/c1-30-18-21-38(51-42(30)29-45(52-51)31-10-3-2-4-11-31)34-20-22-37-35(26-34)28-43-39(37)23-19-32-13-9-17-47(49(32)43)53-46-16-8-7-15-41(46)50-44-27-33-12-5-6-14-36(33)40(44)24-25-48(50)53/h2-26,33,36H,27-29H2,1H3. The number of benzene rings is 7. The first-order valence-electron chi connectivity index (χ1n) is 19.0. The van der Waals surface area contributed by atoms with Gasteiger partial charge in [0.05, 0.1) is 28.1 Å². The molecule has 2 heteroatoms. The molecule has 1 aliphatic heterocycles. The summed E-state index contributed by atoms with van der Waals surface area (Å²) in [5, 5.41) is 5.43. The van der Waals surface area contributed by atoms with Crippen LogP contribution in [0.3, 0.4) is 0 Å². The molecule has 0 spiro atoms. The second-order valence-electron chi connectivity index (χ2n) is 15.4. The predicted octanol–water partition coefficient (Wildman–Crippen LogP) is 12.5. The smallest absolute Gasteiger partial charge is 0.0750 e. The fraction of sp³-hybridized carbons (Fsp3) is 0.118. The number of aromatic nitrogens is 1. The molecule has 4 aliphatic rings. The molecule has 3 aliphatic carbocycles. The Balaban J connectivity index is 1.01. The second kappa shape index (κ2) is 10.9. The van der Waals surface area contributed by atoms with Gasteiger partial charge in [0.25, 0.3) is 0 Å². The Bertz CT molecular complexity index is 2990. The lowest BCUT2D eigenvalue weighted by Gasteiger charge is -2.16. The molecular formula is C51H36N2. The third-order valence-corrected chi connectivity index (χ3v) is 12.7. The maximum absolute atomic E-state index is 5.27. The molecule has 1 aromatic heterocycles. The van der Waals surface area contributed by atoms with E-state index in [-0.39, 0.29) is 0 Å². The molecule has 2 unspecified atom stereocenters. The van der Waals surface area contributed by atoms with Gasteiger partial charge >= 0.3 is 0 Å². The molecule has 2 heterocycles. The van der Waals surface area contributed by atoms with Gasteiger partial charge in [0.1, 0.15) is 0 Å². The molecule has 0 N–H and O–H groups in total. The number of allylic oxidation sites excluding steroid dienone is 4. The normalized spacial score (nSPS) is 17.6. The molecule has 0 bridgehead atoms. The van der Waals surface area contributed by atoms with Crippen LogP contribution in [0.2, 0.25) is 0 Å². The van der Waals surface area contributed by atoms with E-state index in [0.29, 0.717) is 11.8 Å². The van der Waals surface area contributed by atoms with Crippen molar-refractivity contribution >= 4 is 44.0 Å². The second-order valence-corrected chi connectivity index (χ2v) is 15.4. The van der Waals surface area contributed by atoms with Crippen LogP contribution in [-0.4, -0.2) is 10.3 Å². The van der Waals surface area contributed by atoms with Crippen molar-refractivity contribution in [3.63, 3.8) is 0 Å². The van der Waals surface area contributed by atoms with Gasteiger partial charge in [-0.1, -0.05) is 133 Å². The number of fused-ring (bicyclic) bond motifs is 13. The molecule has 0 saturated heterocycles. The van der Waals surface area contributed by atoms with Crippen molar-refractivity contribution in [3.05, 3.63) is 191 Å².